The standard InChI is InChI=1S/C7H3BF2O/c8-4-1-6(9)5(3-11)7(10)2-4/h1-3H. The summed E-state index contributed by atoms with van der Waals surface area (Å²) in [5.74, 6) is -1.87. The van der Waals surface area contributed by atoms with Crippen LogP contribution in [0.3, 0.4) is 0 Å². The molecule has 0 bridgehead atoms. The minimum absolute atomic E-state index is 0.0365. The molecule has 0 aromatic heterocycles. The van der Waals surface area contributed by atoms with Gasteiger partial charge < -0.3 is 0 Å². The normalized spacial score (nSPS) is 9.64. The van der Waals surface area contributed by atoms with Crippen molar-refractivity contribution in [3.8, 4) is 0 Å². The van der Waals surface area contributed by atoms with Gasteiger partial charge >= 0.3 is 0 Å². The maximum absolute atomic E-state index is 12.6. The third-order valence-electron chi connectivity index (χ3n) is 1.22. The van der Waals surface area contributed by atoms with E-state index in [1.165, 1.54) is 0 Å². The lowest BCUT2D eigenvalue weighted by molar-refractivity contribution is 0.111. The lowest BCUT2D eigenvalue weighted by atomic mass is 9.95. The number of carbonyl (C=O) groups excluding carboxylic acids is 1. The van der Waals surface area contributed by atoms with Crippen molar-refractivity contribution < 1.29 is 13.6 Å². The van der Waals surface area contributed by atoms with Gasteiger partial charge in [-0.1, -0.05) is 5.46 Å². The fourth-order valence-corrected chi connectivity index (χ4v) is 0.716. The Morgan fingerprint density at radius 3 is 2.09 bits per heavy atom. The van der Waals surface area contributed by atoms with Gasteiger partial charge in [-0.3, -0.25) is 4.79 Å². The maximum atomic E-state index is 12.6. The van der Waals surface area contributed by atoms with Gasteiger partial charge in [0.15, 0.2) is 6.29 Å². The highest BCUT2D eigenvalue weighted by molar-refractivity contribution is 6.32. The highest BCUT2D eigenvalue weighted by atomic mass is 19.1. The van der Waals surface area contributed by atoms with E-state index in [0.29, 0.717) is 0 Å². The zero-order valence-corrected chi connectivity index (χ0v) is 5.47. The first kappa shape index (κ1) is 7.92. The number of hydrogen-bond acceptors (Lipinski definition) is 1. The summed E-state index contributed by atoms with van der Waals surface area (Å²) >= 11 is 0. The summed E-state index contributed by atoms with van der Waals surface area (Å²) in [5, 5.41) is 0. The summed E-state index contributed by atoms with van der Waals surface area (Å²) in [6.07, 6.45) is 0.115. The Kier molecular flexibility index (Phi) is 2.03. The average Bonchev–Trinajstić information content (AvgIpc) is 1.85. The van der Waals surface area contributed by atoms with E-state index < -0.39 is 17.2 Å². The minimum Gasteiger partial charge on any atom is -0.298 e. The van der Waals surface area contributed by atoms with E-state index in [9.17, 15) is 13.6 Å². The third kappa shape index (κ3) is 1.45. The van der Waals surface area contributed by atoms with E-state index in [2.05, 4.69) is 0 Å². The molecule has 54 valence electrons. The molecule has 0 aliphatic rings. The van der Waals surface area contributed by atoms with E-state index in [-0.39, 0.29) is 11.7 Å². The summed E-state index contributed by atoms with van der Waals surface area (Å²) in [6.45, 7) is 0. The molecule has 0 N–H and O–H groups in total. The number of benzene rings is 1. The first-order valence-electron chi connectivity index (χ1n) is 2.85. The Labute approximate surface area is 63.4 Å². The molecule has 0 saturated heterocycles. The zero-order chi connectivity index (χ0) is 8.43. The van der Waals surface area contributed by atoms with Crippen LogP contribution in [0.5, 0.6) is 0 Å². The van der Waals surface area contributed by atoms with Gasteiger partial charge in [-0.05, 0) is 12.1 Å². The maximum Gasteiger partial charge on any atom is 0.155 e. The van der Waals surface area contributed by atoms with Crippen LogP contribution in [-0.4, -0.2) is 14.1 Å². The summed E-state index contributed by atoms with van der Waals surface area (Å²) in [4.78, 5) is 10.0. The van der Waals surface area contributed by atoms with Gasteiger partial charge in [-0.15, -0.1) is 0 Å². The van der Waals surface area contributed by atoms with Gasteiger partial charge in [0.2, 0.25) is 0 Å². The van der Waals surface area contributed by atoms with Crippen molar-refractivity contribution in [1.29, 1.82) is 0 Å². The molecule has 11 heavy (non-hydrogen) atoms. The minimum atomic E-state index is -0.933. The molecular weight excluding hydrogens is 149 g/mol. The number of carbonyl (C=O) groups is 1. The van der Waals surface area contributed by atoms with Crippen molar-refractivity contribution in [1.82, 2.24) is 0 Å². The van der Waals surface area contributed by atoms with Crippen molar-refractivity contribution >= 4 is 19.6 Å². The molecule has 0 spiro atoms. The van der Waals surface area contributed by atoms with Gasteiger partial charge in [0.1, 0.15) is 19.5 Å². The fourth-order valence-electron chi connectivity index (χ4n) is 0.716. The molecule has 0 amide bonds. The number of aldehydes is 1. The van der Waals surface area contributed by atoms with Crippen LogP contribution < -0.4 is 5.46 Å². The van der Waals surface area contributed by atoms with Gasteiger partial charge in [-0.25, -0.2) is 8.78 Å². The predicted octanol–water partition coefficient (Wildman–Crippen LogP) is 0.571. The number of rotatable bonds is 1. The van der Waals surface area contributed by atoms with Crippen LogP contribution >= 0.6 is 0 Å². The summed E-state index contributed by atoms with van der Waals surface area (Å²) in [6, 6.07) is 1.79. The summed E-state index contributed by atoms with van der Waals surface area (Å²) in [5.41, 5.74) is -0.621. The molecule has 1 aromatic carbocycles. The molecule has 0 saturated carbocycles. The van der Waals surface area contributed by atoms with Gasteiger partial charge in [0.05, 0.1) is 5.56 Å². The smallest absolute Gasteiger partial charge is 0.155 e. The third-order valence-corrected chi connectivity index (χ3v) is 1.22. The molecule has 0 aliphatic heterocycles. The highest BCUT2D eigenvalue weighted by Crippen LogP contribution is 2.06. The second-order valence-corrected chi connectivity index (χ2v) is 2.02. The Bertz CT molecular complexity index is 275. The van der Waals surface area contributed by atoms with E-state index in [1.54, 1.807) is 0 Å². The van der Waals surface area contributed by atoms with Crippen molar-refractivity contribution in [3.05, 3.63) is 29.3 Å². The van der Waals surface area contributed by atoms with Crippen LogP contribution in [0, 0.1) is 11.6 Å². The number of halogens is 2. The molecule has 1 rings (SSSR count). The van der Waals surface area contributed by atoms with Crippen molar-refractivity contribution in [2.24, 2.45) is 0 Å². The lowest BCUT2D eigenvalue weighted by Crippen LogP contribution is -2.07. The van der Waals surface area contributed by atoms with E-state index in [1.807, 2.05) is 0 Å². The molecule has 0 aliphatic carbocycles. The second kappa shape index (κ2) is 2.82. The molecule has 1 aromatic rings. The Balaban J connectivity index is 3.36. The summed E-state index contributed by atoms with van der Waals surface area (Å²) in [7, 11) is 5.09. The molecule has 0 heterocycles. The molecule has 2 radical (unpaired) electrons. The first-order chi connectivity index (χ1) is 5.15. The quantitative estimate of drug-likeness (QED) is 0.424. The zero-order valence-electron chi connectivity index (χ0n) is 5.47. The van der Waals surface area contributed by atoms with Crippen LogP contribution in [-0.2, 0) is 0 Å². The summed E-state index contributed by atoms with van der Waals surface area (Å²) < 4.78 is 25.1. The molecule has 1 nitrogen and oxygen atoms in total. The van der Waals surface area contributed by atoms with Crippen molar-refractivity contribution in [2.45, 2.75) is 0 Å². The molecule has 4 heteroatoms. The predicted molar refractivity (Wildman–Crippen MR) is 37.1 cm³/mol. The molecule has 0 fully saturated rings. The van der Waals surface area contributed by atoms with Gasteiger partial charge in [-0.2, -0.15) is 0 Å². The Morgan fingerprint density at radius 2 is 1.73 bits per heavy atom. The Hall–Kier alpha value is -1.19. The Morgan fingerprint density at radius 1 is 1.27 bits per heavy atom. The second-order valence-electron chi connectivity index (χ2n) is 2.02. The lowest BCUT2D eigenvalue weighted by Gasteiger charge is -1.98. The van der Waals surface area contributed by atoms with Gasteiger partial charge in [0, 0.05) is 0 Å². The van der Waals surface area contributed by atoms with Crippen LogP contribution in [0.15, 0.2) is 12.1 Å². The fraction of sp³-hybridized carbons (Fsp3) is 0. The molecule has 0 unspecified atom stereocenters. The van der Waals surface area contributed by atoms with E-state index >= 15 is 0 Å². The average molecular weight is 152 g/mol. The van der Waals surface area contributed by atoms with Crippen LogP contribution in [0.25, 0.3) is 0 Å². The van der Waals surface area contributed by atoms with Crippen LogP contribution in [0.1, 0.15) is 10.4 Å². The van der Waals surface area contributed by atoms with Crippen molar-refractivity contribution in [2.75, 3.05) is 0 Å². The molecular formula is C7H3BF2O. The highest BCUT2D eigenvalue weighted by Gasteiger charge is 2.07. The van der Waals surface area contributed by atoms with Crippen LogP contribution in [0.4, 0.5) is 8.78 Å². The van der Waals surface area contributed by atoms with E-state index in [0.717, 1.165) is 12.1 Å². The molecule has 0 atom stereocenters. The number of hydrogen-bond donors (Lipinski definition) is 0. The SMILES string of the molecule is [B]c1cc(F)c(C=O)c(F)c1. The largest absolute Gasteiger partial charge is 0.298 e. The topological polar surface area (TPSA) is 17.1 Å². The van der Waals surface area contributed by atoms with Crippen LogP contribution in [0.2, 0.25) is 0 Å². The first-order valence-corrected chi connectivity index (χ1v) is 2.85. The van der Waals surface area contributed by atoms with Crippen molar-refractivity contribution in [3.63, 3.8) is 0 Å². The van der Waals surface area contributed by atoms with Gasteiger partial charge in [0.25, 0.3) is 0 Å². The van der Waals surface area contributed by atoms with E-state index in [4.69, 9.17) is 7.85 Å². The monoisotopic (exact) mass is 152 g/mol.